The Labute approximate surface area is 87.2 Å². The maximum atomic E-state index is 11.8. The van der Waals surface area contributed by atoms with Crippen LogP contribution < -0.4 is 5.32 Å². The summed E-state index contributed by atoms with van der Waals surface area (Å²) in [7, 11) is -2.80. The molecule has 1 aliphatic carbocycles. The molecule has 0 spiro atoms. The van der Waals surface area contributed by atoms with Gasteiger partial charge in [0.25, 0.3) is 0 Å². The van der Waals surface area contributed by atoms with E-state index in [1.165, 1.54) is 0 Å². The maximum absolute atomic E-state index is 11.8. The quantitative estimate of drug-likeness (QED) is 0.686. The highest BCUT2D eigenvalue weighted by molar-refractivity contribution is 7.92. The third-order valence-electron chi connectivity index (χ3n) is 2.80. The van der Waals surface area contributed by atoms with Gasteiger partial charge in [0.15, 0.2) is 9.84 Å². The van der Waals surface area contributed by atoms with E-state index in [9.17, 15) is 8.42 Å². The summed E-state index contributed by atoms with van der Waals surface area (Å²) < 4.78 is 23.5. The summed E-state index contributed by atoms with van der Waals surface area (Å²) in [6.45, 7) is 3.62. The van der Waals surface area contributed by atoms with Crippen LogP contribution in [-0.2, 0) is 9.84 Å². The highest BCUT2D eigenvalue weighted by atomic mass is 32.2. The summed E-state index contributed by atoms with van der Waals surface area (Å²) in [5.41, 5.74) is 0. The molecular weight excluding hydrogens is 198 g/mol. The smallest absolute Gasteiger partial charge is 0.154 e. The lowest BCUT2D eigenvalue weighted by Gasteiger charge is -2.10. The molecule has 84 valence electrons. The molecule has 0 heterocycles. The molecule has 0 aromatic rings. The Morgan fingerprint density at radius 3 is 2.43 bits per heavy atom. The van der Waals surface area contributed by atoms with Crippen LogP contribution in [0.2, 0.25) is 0 Å². The zero-order chi connectivity index (χ0) is 10.4. The molecule has 1 aliphatic rings. The van der Waals surface area contributed by atoms with Gasteiger partial charge in [-0.15, -0.1) is 0 Å². The molecule has 1 saturated carbocycles. The molecule has 0 radical (unpaired) electrons. The van der Waals surface area contributed by atoms with Crippen LogP contribution in [0.4, 0.5) is 0 Å². The zero-order valence-corrected chi connectivity index (χ0v) is 9.78. The van der Waals surface area contributed by atoms with Crippen molar-refractivity contribution >= 4 is 9.84 Å². The zero-order valence-electron chi connectivity index (χ0n) is 8.96. The van der Waals surface area contributed by atoms with Crippen LogP contribution in [0.25, 0.3) is 0 Å². The molecule has 3 nitrogen and oxygen atoms in total. The Morgan fingerprint density at radius 2 is 1.86 bits per heavy atom. The number of nitrogens with one attached hydrogen (secondary N) is 1. The molecule has 0 saturated heterocycles. The van der Waals surface area contributed by atoms with Crippen LogP contribution in [0, 0.1) is 0 Å². The highest BCUT2D eigenvalue weighted by Gasteiger charge is 2.27. The van der Waals surface area contributed by atoms with Crippen molar-refractivity contribution in [3.05, 3.63) is 0 Å². The van der Waals surface area contributed by atoms with Gasteiger partial charge in [0.2, 0.25) is 0 Å². The lowest BCUT2D eigenvalue weighted by molar-refractivity contribution is 0.574. The molecule has 0 atom stereocenters. The van der Waals surface area contributed by atoms with Crippen LogP contribution in [-0.4, -0.2) is 32.5 Å². The lowest BCUT2D eigenvalue weighted by Crippen LogP contribution is -2.29. The molecule has 0 bridgehead atoms. The van der Waals surface area contributed by atoms with E-state index in [4.69, 9.17) is 0 Å². The largest absolute Gasteiger partial charge is 0.316 e. The first-order valence-corrected chi connectivity index (χ1v) is 7.30. The maximum Gasteiger partial charge on any atom is 0.154 e. The standard InChI is InChI=1S/C10H21NO2S/c1-2-7-11-8-9-14(12,13)10-5-3-4-6-10/h10-11H,2-9H2,1H3. The van der Waals surface area contributed by atoms with Crippen LogP contribution in [0.5, 0.6) is 0 Å². The molecule has 0 aromatic carbocycles. The summed E-state index contributed by atoms with van der Waals surface area (Å²) in [4.78, 5) is 0. The number of sulfone groups is 1. The van der Waals surface area contributed by atoms with E-state index in [1.54, 1.807) is 0 Å². The van der Waals surface area contributed by atoms with Crippen molar-refractivity contribution in [3.8, 4) is 0 Å². The van der Waals surface area contributed by atoms with Gasteiger partial charge in [-0.1, -0.05) is 19.8 Å². The molecule has 0 aromatic heterocycles. The summed E-state index contributed by atoms with van der Waals surface area (Å²) in [5.74, 6) is 0.317. The van der Waals surface area contributed by atoms with E-state index >= 15 is 0 Å². The van der Waals surface area contributed by atoms with Crippen molar-refractivity contribution in [2.75, 3.05) is 18.8 Å². The number of hydrogen-bond acceptors (Lipinski definition) is 3. The second-order valence-corrected chi connectivity index (χ2v) is 6.42. The van der Waals surface area contributed by atoms with Gasteiger partial charge in [0, 0.05) is 6.54 Å². The van der Waals surface area contributed by atoms with E-state index in [-0.39, 0.29) is 5.25 Å². The van der Waals surface area contributed by atoms with Crippen molar-refractivity contribution in [3.63, 3.8) is 0 Å². The van der Waals surface area contributed by atoms with Gasteiger partial charge in [0.1, 0.15) is 0 Å². The van der Waals surface area contributed by atoms with Crippen LogP contribution in [0.15, 0.2) is 0 Å². The number of hydrogen-bond donors (Lipinski definition) is 1. The van der Waals surface area contributed by atoms with E-state index in [2.05, 4.69) is 12.2 Å². The van der Waals surface area contributed by atoms with Gasteiger partial charge in [0.05, 0.1) is 11.0 Å². The molecule has 0 unspecified atom stereocenters. The summed E-state index contributed by atoms with van der Waals surface area (Å²) in [6.07, 6.45) is 5.01. The first kappa shape index (κ1) is 12.0. The predicted octanol–water partition coefficient (Wildman–Crippen LogP) is 1.34. The highest BCUT2D eigenvalue weighted by Crippen LogP contribution is 2.24. The third kappa shape index (κ3) is 3.58. The molecule has 1 N–H and O–H groups in total. The Balaban J connectivity index is 2.26. The average Bonchev–Trinajstić information content (AvgIpc) is 2.65. The molecule has 4 heteroatoms. The van der Waals surface area contributed by atoms with E-state index in [0.717, 1.165) is 38.6 Å². The van der Waals surface area contributed by atoms with Crippen LogP contribution >= 0.6 is 0 Å². The molecule has 1 rings (SSSR count). The monoisotopic (exact) mass is 219 g/mol. The molecule has 1 fully saturated rings. The van der Waals surface area contributed by atoms with Gasteiger partial charge >= 0.3 is 0 Å². The molecule has 0 aliphatic heterocycles. The lowest BCUT2D eigenvalue weighted by atomic mass is 10.4. The van der Waals surface area contributed by atoms with Crippen LogP contribution in [0.3, 0.4) is 0 Å². The molecule has 14 heavy (non-hydrogen) atoms. The topological polar surface area (TPSA) is 46.2 Å². The number of rotatable bonds is 6. The first-order valence-electron chi connectivity index (χ1n) is 5.59. The Morgan fingerprint density at radius 1 is 1.21 bits per heavy atom. The SMILES string of the molecule is CCCNCCS(=O)(=O)C1CCCC1. The summed E-state index contributed by atoms with van der Waals surface area (Å²) in [5, 5.41) is 3.10. The second kappa shape index (κ2) is 5.71. The minimum atomic E-state index is -2.80. The fourth-order valence-electron chi connectivity index (χ4n) is 1.93. The van der Waals surface area contributed by atoms with Crippen molar-refractivity contribution in [1.29, 1.82) is 0 Å². The van der Waals surface area contributed by atoms with Crippen LogP contribution in [0.1, 0.15) is 39.0 Å². The van der Waals surface area contributed by atoms with Gasteiger partial charge in [-0.05, 0) is 25.8 Å². The third-order valence-corrected chi connectivity index (χ3v) is 5.06. The fourth-order valence-corrected chi connectivity index (χ4v) is 3.74. The van der Waals surface area contributed by atoms with Crippen molar-refractivity contribution in [2.24, 2.45) is 0 Å². The normalized spacial score (nSPS) is 18.9. The van der Waals surface area contributed by atoms with E-state index < -0.39 is 9.84 Å². The Kier molecular flexibility index (Phi) is 4.89. The minimum Gasteiger partial charge on any atom is -0.316 e. The minimum absolute atomic E-state index is 0.0362. The Hall–Kier alpha value is -0.0900. The average molecular weight is 219 g/mol. The fraction of sp³-hybridized carbons (Fsp3) is 1.00. The molecular formula is C10H21NO2S. The van der Waals surface area contributed by atoms with Gasteiger partial charge in [-0.3, -0.25) is 0 Å². The first-order chi connectivity index (χ1) is 6.67. The molecule has 0 amide bonds. The Bertz CT molecular complexity index is 243. The van der Waals surface area contributed by atoms with Gasteiger partial charge < -0.3 is 5.32 Å². The van der Waals surface area contributed by atoms with Crippen molar-refractivity contribution < 1.29 is 8.42 Å². The van der Waals surface area contributed by atoms with Gasteiger partial charge in [-0.2, -0.15) is 0 Å². The van der Waals surface area contributed by atoms with Gasteiger partial charge in [-0.25, -0.2) is 8.42 Å². The van der Waals surface area contributed by atoms with Crippen molar-refractivity contribution in [1.82, 2.24) is 5.32 Å². The predicted molar refractivity (Wildman–Crippen MR) is 59.2 cm³/mol. The van der Waals surface area contributed by atoms with E-state index in [0.29, 0.717) is 12.3 Å². The van der Waals surface area contributed by atoms with E-state index in [1.807, 2.05) is 0 Å². The summed E-state index contributed by atoms with van der Waals surface area (Å²) >= 11 is 0. The van der Waals surface area contributed by atoms with Crippen molar-refractivity contribution in [2.45, 2.75) is 44.3 Å². The summed E-state index contributed by atoms with van der Waals surface area (Å²) in [6, 6.07) is 0. The second-order valence-electron chi connectivity index (χ2n) is 4.02.